The van der Waals surface area contributed by atoms with Crippen molar-refractivity contribution in [2.24, 2.45) is 0 Å². The van der Waals surface area contributed by atoms with Gasteiger partial charge in [0, 0.05) is 19.2 Å². The minimum atomic E-state index is -4.81. The molecule has 0 saturated heterocycles. The highest BCUT2D eigenvalue weighted by molar-refractivity contribution is 6.05. The van der Waals surface area contributed by atoms with E-state index < -0.39 is 46.5 Å². The van der Waals surface area contributed by atoms with Crippen LogP contribution in [0.1, 0.15) is 5.56 Å². The number of nitriles is 1. The van der Waals surface area contributed by atoms with Crippen molar-refractivity contribution in [3.05, 3.63) is 53.5 Å². The van der Waals surface area contributed by atoms with E-state index >= 15 is 0 Å². The maximum absolute atomic E-state index is 14.0. The van der Waals surface area contributed by atoms with E-state index in [0.29, 0.717) is 21.9 Å². The first-order valence-corrected chi connectivity index (χ1v) is 6.02. The number of amides is 1. The van der Waals surface area contributed by atoms with Crippen LogP contribution in [0.5, 0.6) is 0 Å². The average molecular weight is 329 g/mol. The Balaban J connectivity index is 2.57. The molecule has 0 aliphatic carbocycles. The van der Waals surface area contributed by atoms with Crippen LogP contribution in [0.15, 0.2) is 36.3 Å². The highest BCUT2D eigenvalue weighted by Crippen LogP contribution is 2.36. The number of anilines is 1. The van der Waals surface area contributed by atoms with Gasteiger partial charge in [-0.05, 0) is 6.07 Å². The zero-order chi connectivity index (χ0) is 17.5. The molecule has 0 aromatic heterocycles. The Morgan fingerprint density at radius 3 is 2.35 bits per heavy atom. The van der Waals surface area contributed by atoms with Crippen molar-refractivity contribution in [3.8, 4) is 6.07 Å². The summed E-state index contributed by atoms with van der Waals surface area (Å²) < 4.78 is 66.1. The molecule has 0 bridgehead atoms. The third-order valence-electron chi connectivity index (χ3n) is 3.18. The first-order chi connectivity index (χ1) is 10.6. The van der Waals surface area contributed by atoms with Crippen LogP contribution < -0.4 is 4.90 Å². The van der Waals surface area contributed by atoms with Crippen molar-refractivity contribution in [3.63, 3.8) is 0 Å². The van der Waals surface area contributed by atoms with Gasteiger partial charge in [0.25, 0.3) is 5.91 Å². The van der Waals surface area contributed by atoms with Crippen molar-refractivity contribution in [1.29, 1.82) is 5.26 Å². The molecular formula is C14H8F5N3O. The van der Waals surface area contributed by atoms with Gasteiger partial charge in [0.1, 0.15) is 29.2 Å². The third kappa shape index (κ3) is 2.75. The lowest BCUT2D eigenvalue weighted by atomic mass is 10.1. The zero-order valence-corrected chi connectivity index (χ0v) is 11.6. The van der Waals surface area contributed by atoms with Crippen molar-refractivity contribution in [2.45, 2.75) is 6.18 Å². The number of carbonyl (C=O) groups excluding carboxylic acids is 1. The number of allylic oxidation sites excluding steroid dienone is 1. The van der Waals surface area contributed by atoms with E-state index in [-0.39, 0.29) is 6.08 Å². The number of hydrogen-bond acceptors (Lipinski definition) is 3. The summed E-state index contributed by atoms with van der Waals surface area (Å²) in [5, 5.41) is 8.62. The van der Waals surface area contributed by atoms with Gasteiger partial charge < -0.3 is 4.90 Å². The SMILES string of the molecule is C=C1N(C)C(C(F)(F)F)=CC(=O)N1c1cc(F)c(C#N)cc1F. The molecular weight excluding hydrogens is 321 g/mol. The monoisotopic (exact) mass is 329 g/mol. The minimum absolute atomic E-state index is 0.254. The Morgan fingerprint density at radius 1 is 1.22 bits per heavy atom. The smallest absolute Gasteiger partial charge is 0.327 e. The van der Waals surface area contributed by atoms with Gasteiger partial charge >= 0.3 is 6.18 Å². The zero-order valence-electron chi connectivity index (χ0n) is 11.6. The second-order valence-electron chi connectivity index (χ2n) is 4.57. The average Bonchev–Trinajstić information content (AvgIpc) is 2.45. The lowest BCUT2D eigenvalue weighted by molar-refractivity contribution is -0.121. The Morgan fingerprint density at radius 2 is 1.83 bits per heavy atom. The molecule has 0 N–H and O–H groups in total. The fourth-order valence-corrected chi connectivity index (χ4v) is 2.02. The number of benzene rings is 1. The molecule has 1 aromatic carbocycles. The van der Waals surface area contributed by atoms with Crippen molar-refractivity contribution in [1.82, 2.24) is 4.90 Å². The van der Waals surface area contributed by atoms with Gasteiger partial charge in [-0.25, -0.2) is 8.78 Å². The molecule has 120 valence electrons. The van der Waals surface area contributed by atoms with Crippen LogP contribution in [0.4, 0.5) is 27.6 Å². The van der Waals surface area contributed by atoms with Gasteiger partial charge in [-0.1, -0.05) is 6.58 Å². The van der Waals surface area contributed by atoms with E-state index in [4.69, 9.17) is 5.26 Å². The second kappa shape index (κ2) is 5.39. The van der Waals surface area contributed by atoms with Gasteiger partial charge in [-0.2, -0.15) is 18.4 Å². The number of halogens is 5. The van der Waals surface area contributed by atoms with Crippen molar-refractivity contribution in [2.75, 3.05) is 11.9 Å². The van der Waals surface area contributed by atoms with E-state index in [1.54, 1.807) is 0 Å². The van der Waals surface area contributed by atoms with E-state index in [2.05, 4.69) is 6.58 Å². The summed E-state index contributed by atoms with van der Waals surface area (Å²) in [6, 6.07) is 2.52. The lowest BCUT2D eigenvalue weighted by Gasteiger charge is -2.36. The molecule has 2 rings (SSSR count). The van der Waals surface area contributed by atoms with Gasteiger partial charge in [-0.15, -0.1) is 0 Å². The summed E-state index contributed by atoms with van der Waals surface area (Å²) in [7, 11) is 0.985. The number of rotatable bonds is 1. The largest absolute Gasteiger partial charge is 0.431 e. The third-order valence-corrected chi connectivity index (χ3v) is 3.18. The molecule has 23 heavy (non-hydrogen) atoms. The number of hydrogen-bond donors (Lipinski definition) is 0. The van der Waals surface area contributed by atoms with Crippen LogP contribution in [0, 0.1) is 23.0 Å². The fraction of sp³-hybridized carbons (Fsp3) is 0.143. The topological polar surface area (TPSA) is 47.3 Å². The molecule has 0 saturated carbocycles. The van der Waals surface area contributed by atoms with E-state index in [1.807, 2.05) is 0 Å². The quantitative estimate of drug-likeness (QED) is 0.744. The summed E-state index contributed by atoms with van der Waals surface area (Å²) in [6.45, 7) is 3.32. The maximum Gasteiger partial charge on any atom is 0.431 e. The Kier molecular flexibility index (Phi) is 3.86. The molecule has 0 fully saturated rings. The van der Waals surface area contributed by atoms with Crippen LogP contribution in [0.25, 0.3) is 0 Å². The molecule has 1 aliphatic heterocycles. The molecule has 1 amide bonds. The molecule has 0 radical (unpaired) electrons. The van der Waals surface area contributed by atoms with Crippen LogP contribution in [-0.2, 0) is 4.79 Å². The Hall–Kier alpha value is -2.89. The Bertz CT molecular complexity index is 776. The Labute approximate surface area is 127 Å². The molecule has 0 spiro atoms. The van der Waals surface area contributed by atoms with E-state index in [0.717, 1.165) is 7.05 Å². The van der Waals surface area contributed by atoms with E-state index in [9.17, 15) is 26.7 Å². The van der Waals surface area contributed by atoms with Crippen molar-refractivity contribution >= 4 is 11.6 Å². The van der Waals surface area contributed by atoms with E-state index in [1.165, 1.54) is 6.07 Å². The summed E-state index contributed by atoms with van der Waals surface area (Å²) in [5.74, 6) is -4.00. The minimum Gasteiger partial charge on any atom is -0.327 e. The predicted octanol–water partition coefficient (Wildman–Crippen LogP) is 3.03. The van der Waals surface area contributed by atoms with Gasteiger partial charge in [0.05, 0.1) is 11.3 Å². The molecule has 9 heteroatoms. The second-order valence-corrected chi connectivity index (χ2v) is 4.57. The fourth-order valence-electron chi connectivity index (χ4n) is 2.02. The molecule has 0 unspecified atom stereocenters. The summed E-state index contributed by atoms with van der Waals surface area (Å²) in [5.41, 5.74) is -2.51. The standard InChI is InChI=1S/C14H8F5N3O/c1-7-21(2)12(14(17,18)19)5-13(23)22(7)11-4-9(15)8(6-20)3-10(11)16/h3-5H,1H2,2H3. The summed E-state index contributed by atoms with van der Waals surface area (Å²) in [6.07, 6.45) is -4.56. The number of alkyl halides is 3. The van der Waals surface area contributed by atoms with Crippen LogP contribution in [-0.4, -0.2) is 24.0 Å². The van der Waals surface area contributed by atoms with Crippen LogP contribution >= 0.6 is 0 Å². The summed E-state index contributed by atoms with van der Waals surface area (Å²) in [4.78, 5) is 13.0. The van der Waals surface area contributed by atoms with Gasteiger partial charge in [0.2, 0.25) is 0 Å². The predicted molar refractivity (Wildman–Crippen MR) is 69.6 cm³/mol. The molecule has 1 heterocycles. The molecule has 0 atom stereocenters. The van der Waals surface area contributed by atoms with Gasteiger partial charge in [0.15, 0.2) is 0 Å². The maximum atomic E-state index is 14.0. The molecule has 1 aliphatic rings. The first kappa shape index (κ1) is 16.5. The number of nitrogens with zero attached hydrogens (tertiary/aromatic N) is 3. The molecule has 4 nitrogen and oxygen atoms in total. The van der Waals surface area contributed by atoms with Gasteiger partial charge in [-0.3, -0.25) is 9.69 Å². The summed E-state index contributed by atoms with van der Waals surface area (Å²) >= 11 is 0. The normalized spacial score (nSPS) is 15.6. The number of carbonyl (C=O) groups is 1. The van der Waals surface area contributed by atoms with Crippen LogP contribution in [0.3, 0.4) is 0 Å². The highest BCUT2D eigenvalue weighted by atomic mass is 19.4. The van der Waals surface area contributed by atoms with Crippen molar-refractivity contribution < 1.29 is 26.7 Å². The first-order valence-electron chi connectivity index (χ1n) is 6.02. The highest BCUT2D eigenvalue weighted by Gasteiger charge is 2.43. The lowest BCUT2D eigenvalue weighted by Crippen LogP contribution is -2.44. The molecule has 1 aromatic rings. The van der Waals surface area contributed by atoms with Crippen LogP contribution in [0.2, 0.25) is 0 Å².